The average molecular weight is 407 g/mol. The van der Waals surface area contributed by atoms with Crippen molar-refractivity contribution < 1.29 is 13.2 Å². The number of amides is 1. The molecule has 144 valence electrons. The van der Waals surface area contributed by atoms with Gasteiger partial charge in [-0.15, -0.1) is 0 Å². The summed E-state index contributed by atoms with van der Waals surface area (Å²) < 4.78 is 27.9. The van der Waals surface area contributed by atoms with E-state index in [4.69, 9.17) is 11.6 Å². The van der Waals surface area contributed by atoms with Crippen LogP contribution in [0.25, 0.3) is 0 Å². The van der Waals surface area contributed by atoms with Gasteiger partial charge >= 0.3 is 0 Å². The van der Waals surface area contributed by atoms with Crippen LogP contribution in [0.4, 0.5) is 5.69 Å². The van der Waals surface area contributed by atoms with Gasteiger partial charge in [0.1, 0.15) is 0 Å². The van der Waals surface area contributed by atoms with Crippen LogP contribution >= 0.6 is 11.6 Å². The molecule has 0 atom stereocenters. The Morgan fingerprint density at radius 2 is 1.78 bits per heavy atom. The second-order valence-corrected chi connectivity index (χ2v) is 8.93. The largest absolute Gasteiger partial charge is 0.349 e. The van der Waals surface area contributed by atoms with E-state index in [1.807, 2.05) is 0 Å². The van der Waals surface area contributed by atoms with Crippen molar-refractivity contribution in [2.45, 2.75) is 50.0 Å². The number of benzene rings is 2. The van der Waals surface area contributed by atoms with Crippen molar-refractivity contribution in [3.63, 3.8) is 0 Å². The molecule has 2 N–H and O–H groups in total. The lowest BCUT2D eigenvalue weighted by atomic mass is 9.95. The number of aryl methyl sites for hydroxylation is 1. The number of rotatable bonds is 5. The molecular weight excluding hydrogens is 384 g/mol. The normalized spacial score (nSPS) is 15.3. The molecule has 0 bridgehead atoms. The van der Waals surface area contributed by atoms with E-state index in [1.54, 1.807) is 31.2 Å². The lowest BCUT2D eigenvalue weighted by Crippen LogP contribution is -2.36. The topological polar surface area (TPSA) is 75.3 Å². The van der Waals surface area contributed by atoms with Crippen LogP contribution in [0.15, 0.2) is 47.4 Å². The molecular formula is C20H23ClN2O3S. The minimum Gasteiger partial charge on any atom is -0.349 e. The lowest BCUT2D eigenvalue weighted by molar-refractivity contribution is 0.0927. The van der Waals surface area contributed by atoms with Crippen molar-refractivity contribution in [1.82, 2.24) is 5.32 Å². The van der Waals surface area contributed by atoms with Crippen LogP contribution in [-0.4, -0.2) is 20.4 Å². The molecule has 0 unspecified atom stereocenters. The zero-order valence-corrected chi connectivity index (χ0v) is 16.7. The molecule has 1 aliphatic rings. The van der Waals surface area contributed by atoms with Crippen molar-refractivity contribution in [2.24, 2.45) is 0 Å². The molecule has 1 saturated carbocycles. The number of carbonyl (C=O) groups excluding carboxylic acids is 1. The SMILES string of the molecule is Cc1ccccc1S(=O)(=O)Nc1cc(C(=O)NC2CCCCC2)ccc1Cl. The van der Waals surface area contributed by atoms with Crippen LogP contribution < -0.4 is 10.0 Å². The summed E-state index contributed by atoms with van der Waals surface area (Å²) in [6, 6.07) is 11.5. The number of halogens is 1. The van der Waals surface area contributed by atoms with Gasteiger partial charge in [-0.3, -0.25) is 9.52 Å². The molecule has 1 amide bonds. The molecule has 1 aliphatic carbocycles. The van der Waals surface area contributed by atoms with Crippen molar-refractivity contribution >= 4 is 33.2 Å². The van der Waals surface area contributed by atoms with E-state index < -0.39 is 10.0 Å². The van der Waals surface area contributed by atoms with Gasteiger partial charge in [0.05, 0.1) is 15.6 Å². The van der Waals surface area contributed by atoms with Crippen molar-refractivity contribution in [1.29, 1.82) is 0 Å². The Kier molecular flexibility index (Phi) is 6.07. The van der Waals surface area contributed by atoms with Gasteiger partial charge in [-0.05, 0) is 49.6 Å². The van der Waals surface area contributed by atoms with Gasteiger partial charge in [0.15, 0.2) is 0 Å². The molecule has 2 aromatic rings. The Morgan fingerprint density at radius 3 is 2.48 bits per heavy atom. The number of hydrogen-bond donors (Lipinski definition) is 2. The maximum Gasteiger partial charge on any atom is 0.262 e. The van der Waals surface area contributed by atoms with Gasteiger partial charge in [-0.1, -0.05) is 49.1 Å². The fourth-order valence-corrected chi connectivity index (χ4v) is 4.86. The van der Waals surface area contributed by atoms with Crippen LogP contribution in [0.5, 0.6) is 0 Å². The first-order valence-corrected chi connectivity index (χ1v) is 10.9. The van der Waals surface area contributed by atoms with Crippen molar-refractivity contribution in [3.05, 3.63) is 58.6 Å². The molecule has 0 spiro atoms. The highest BCUT2D eigenvalue weighted by Crippen LogP contribution is 2.27. The molecule has 3 rings (SSSR count). The molecule has 2 aromatic carbocycles. The second-order valence-electron chi connectivity index (χ2n) is 6.87. The summed E-state index contributed by atoms with van der Waals surface area (Å²) in [5, 5.41) is 3.26. The van der Waals surface area contributed by atoms with E-state index in [9.17, 15) is 13.2 Å². The predicted octanol–water partition coefficient (Wildman–Crippen LogP) is 4.51. The van der Waals surface area contributed by atoms with E-state index in [2.05, 4.69) is 10.0 Å². The zero-order chi connectivity index (χ0) is 19.4. The lowest BCUT2D eigenvalue weighted by Gasteiger charge is -2.23. The van der Waals surface area contributed by atoms with Gasteiger partial charge in [0.25, 0.3) is 15.9 Å². The quantitative estimate of drug-likeness (QED) is 0.766. The Morgan fingerprint density at radius 1 is 1.07 bits per heavy atom. The van der Waals surface area contributed by atoms with Crippen molar-refractivity contribution in [3.8, 4) is 0 Å². The maximum atomic E-state index is 12.7. The number of nitrogens with one attached hydrogen (secondary N) is 2. The standard InChI is InChI=1S/C20H23ClN2O3S/c1-14-7-5-6-10-19(14)27(25,26)23-18-13-15(11-12-17(18)21)20(24)22-16-8-3-2-4-9-16/h5-7,10-13,16,23H,2-4,8-9H2,1H3,(H,22,24). The molecule has 0 radical (unpaired) electrons. The van der Waals surface area contributed by atoms with Gasteiger partial charge < -0.3 is 5.32 Å². The average Bonchev–Trinajstić information content (AvgIpc) is 2.64. The molecule has 0 aromatic heterocycles. The summed E-state index contributed by atoms with van der Waals surface area (Å²) in [5.41, 5.74) is 1.20. The molecule has 1 fully saturated rings. The maximum absolute atomic E-state index is 12.7. The minimum absolute atomic E-state index is 0.175. The Bertz CT molecular complexity index is 938. The third-order valence-corrected chi connectivity index (χ3v) is 6.65. The monoisotopic (exact) mass is 406 g/mol. The Balaban J connectivity index is 1.81. The second kappa shape index (κ2) is 8.31. The van der Waals surface area contributed by atoms with Gasteiger partial charge in [-0.2, -0.15) is 0 Å². The summed E-state index contributed by atoms with van der Waals surface area (Å²) in [7, 11) is -3.80. The fourth-order valence-electron chi connectivity index (χ4n) is 3.32. The molecule has 0 aliphatic heterocycles. The van der Waals surface area contributed by atoms with Crippen LogP contribution in [0.3, 0.4) is 0 Å². The van der Waals surface area contributed by atoms with Crippen LogP contribution in [0, 0.1) is 6.92 Å². The van der Waals surface area contributed by atoms with E-state index in [-0.39, 0.29) is 27.6 Å². The molecule has 0 heterocycles. The highest BCUT2D eigenvalue weighted by molar-refractivity contribution is 7.92. The summed E-state index contributed by atoms with van der Waals surface area (Å²) in [6.45, 7) is 1.73. The molecule has 27 heavy (non-hydrogen) atoms. The Hall–Kier alpha value is -2.05. The highest BCUT2D eigenvalue weighted by Gasteiger charge is 2.20. The highest BCUT2D eigenvalue weighted by atomic mass is 35.5. The molecule has 5 nitrogen and oxygen atoms in total. The number of sulfonamides is 1. The van der Waals surface area contributed by atoms with E-state index in [0.717, 1.165) is 25.7 Å². The van der Waals surface area contributed by atoms with E-state index >= 15 is 0 Å². The summed E-state index contributed by atoms with van der Waals surface area (Å²) in [4.78, 5) is 12.7. The van der Waals surface area contributed by atoms with Crippen molar-refractivity contribution in [2.75, 3.05) is 4.72 Å². The first kappa shape index (κ1) is 19.7. The van der Waals surface area contributed by atoms with Gasteiger partial charge in [0.2, 0.25) is 0 Å². The Labute approximate surface area is 165 Å². The minimum atomic E-state index is -3.80. The van der Waals surface area contributed by atoms with Gasteiger partial charge in [0, 0.05) is 11.6 Å². The first-order chi connectivity index (χ1) is 12.9. The fraction of sp³-hybridized carbons (Fsp3) is 0.350. The van der Waals surface area contributed by atoms with Gasteiger partial charge in [-0.25, -0.2) is 8.42 Å². The van der Waals surface area contributed by atoms with Crippen LogP contribution in [-0.2, 0) is 10.0 Å². The number of anilines is 1. The third-order valence-electron chi connectivity index (χ3n) is 4.80. The van der Waals surface area contributed by atoms with E-state index in [1.165, 1.54) is 24.6 Å². The molecule has 7 heteroatoms. The smallest absolute Gasteiger partial charge is 0.262 e. The first-order valence-electron chi connectivity index (χ1n) is 9.06. The summed E-state index contributed by atoms with van der Waals surface area (Å²) in [5.74, 6) is -0.213. The molecule has 0 saturated heterocycles. The third kappa shape index (κ3) is 4.82. The van der Waals surface area contributed by atoms with Crippen LogP contribution in [0.2, 0.25) is 5.02 Å². The summed E-state index contributed by atoms with van der Waals surface area (Å²) in [6.07, 6.45) is 5.40. The number of carbonyl (C=O) groups is 1. The van der Waals surface area contributed by atoms with Crippen LogP contribution in [0.1, 0.15) is 48.0 Å². The zero-order valence-electron chi connectivity index (χ0n) is 15.2. The number of hydrogen-bond acceptors (Lipinski definition) is 3. The predicted molar refractivity (Wildman–Crippen MR) is 108 cm³/mol. The van der Waals surface area contributed by atoms with E-state index in [0.29, 0.717) is 11.1 Å². The summed E-state index contributed by atoms with van der Waals surface area (Å²) >= 11 is 6.17.